The molecule has 0 aliphatic carbocycles. The van der Waals surface area contributed by atoms with Crippen molar-refractivity contribution in [2.45, 2.75) is 39.7 Å². The largest absolute Gasteiger partial charge is 0.481 e. The minimum atomic E-state index is -0.977. The van der Waals surface area contributed by atoms with E-state index in [2.05, 4.69) is 10.1 Å². The summed E-state index contributed by atoms with van der Waals surface area (Å²) in [6.45, 7) is 5.71. The molecule has 0 saturated heterocycles. The zero-order chi connectivity index (χ0) is 15.9. The monoisotopic (exact) mass is 288 g/mol. The number of hydrogen-bond donors (Lipinski definition) is 2. The Morgan fingerprint density at radius 1 is 1.30 bits per heavy atom. The second-order valence-electron chi connectivity index (χ2n) is 5.94. The summed E-state index contributed by atoms with van der Waals surface area (Å²) in [7, 11) is 2.68. The molecule has 2 N–H and O–H groups in total. The summed E-state index contributed by atoms with van der Waals surface area (Å²) in [5.74, 6) is -1.51. The maximum absolute atomic E-state index is 11.9. The van der Waals surface area contributed by atoms with Gasteiger partial charge in [-0.15, -0.1) is 0 Å². The van der Waals surface area contributed by atoms with Crippen LogP contribution in [0, 0.1) is 5.41 Å². The maximum Gasteiger partial charge on any atom is 0.325 e. The van der Waals surface area contributed by atoms with E-state index in [4.69, 9.17) is 5.11 Å². The molecule has 0 aromatic carbocycles. The van der Waals surface area contributed by atoms with Crippen molar-refractivity contribution in [1.29, 1.82) is 0 Å². The number of methoxy groups -OCH3 is 1. The van der Waals surface area contributed by atoms with Crippen molar-refractivity contribution in [2.75, 3.05) is 20.7 Å². The summed E-state index contributed by atoms with van der Waals surface area (Å²) >= 11 is 0. The molecule has 0 saturated carbocycles. The predicted molar refractivity (Wildman–Crippen MR) is 73.3 cm³/mol. The smallest absolute Gasteiger partial charge is 0.325 e. The number of carboxylic acids is 1. The molecular formula is C13H24N2O5. The number of carbonyl (C=O) groups is 3. The Morgan fingerprint density at radius 2 is 1.85 bits per heavy atom. The number of likely N-dealkylation sites (N-methyl/N-ethyl adjacent to an activating group) is 1. The van der Waals surface area contributed by atoms with Crippen LogP contribution in [0.4, 0.5) is 4.79 Å². The van der Waals surface area contributed by atoms with E-state index in [1.165, 1.54) is 14.2 Å². The fourth-order valence-electron chi connectivity index (χ4n) is 1.74. The molecule has 0 aromatic rings. The van der Waals surface area contributed by atoms with Gasteiger partial charge in [-0.05, 0) is 11.8 Å². The van der Waals surface area contributed by atoms with Crippen molar-refractivity contribution in [2.24, 2.45) is 5.41 Å². The Hall–Kier alpha value is -1.79. The lowest BCUT2D eigenvalue weighted by molar-refractivity contribution is -0.141. The highest BCUT2D eigenvalue weighted by Gasteiger charge is 2.24. The lowest BCUT2D eigenvalue weighted by Gasteiger charge is -2.27. The normalized spacial score (nSPS) is 12.4. The van der Waals surface area contributed by atoms with Crippen molar-refractivity contribution in [3.05, 3.63) is 0 Å². The van der Waals surface area contributed by atoms with E-state index < -0.39 is 24.0 Å². The van der Waals surface area contributed by atoms with Gasteiger partial charge in [-0.2, -0.15) is 0 Å². The Morgan fingerprint density at radius 3 is 2.25 bits per heavy atom. The van der Waals surface area contributed by atoms with Gasteiger partial charge in [-0.1, -0.05) is 20.8 Å². The number of esters is 1. The van der Waals surface area contributed by atoms with Gasteiger partial charge in [0, 0.05) is 13.1 Å². The van der Waals surface area contributed by atoms with Gasteiger partial charge < -0.3 is 20.1 Å². The third-order valence-electron chi connectivity index (χ3n) is 2.55. The van der Waals surface area contributed by atoms with E-state index in [1.807, 2.05) is 20.8 Å². The first-order valence-electron chi connectivity index (χ1n) is 6.35. The molecule has 0 heterocycles. The van der Waals surface area contributed by atoms with Crippen LogP contribution < -0.4 is 5.32 Å². The van der Waals surface area contributed by atoms with Crippen LogP contribution in [0.1, 0.15) is 33.6 Å². The molecule has 0 bridgehead atoms. The first-order chi connectivity index (χ1) is 9.05. The molecule has 0 aromatic heterocycles. The van der Waals surface area contributed by atoms with Gasteiger partial charge in [-0.3, -0.25) is 9.59 Å². The van der Waals surface area contributed by atoms with Crippen molar-refractivity contribution in [1.82, 2.24) is 10.2 Å². The van der Waals surface area contributed by atoms with E-state index in [1.54, 1.807) is 0 Å². The molecule has 2 amide bonds. The van der Waals surface area contributed by atoms with Gasteiger partial charge in [0.2, 0.25) is 0 Å². The van der Waals surface area contributed by atoms with Crippen molar-refractivity contribution in [3.63, 3.8) is 0 Å². The molecular weight excluding hydrogens is 264 g/mol. The highest BCUT2D eigenvalue weighted by Crippen LogP contribution is 2.22. The molecule has 0 spiro atoms. The lowest BCUT2D eigenvalue weighted by Crippen LogP contribution is -2.46. The van der Waals surface area contributed by atoms with Gasteiger partial charge in [0.1, 0.15) is 6.54 Å². The fraction of sp³-hybridized carbons (Fsp3) is 0.769. The zero-order valence-corrected chi connectivity index (χ0v) is 12.7. The molecule has 0 radical (unpaired) electrons. The van der Waals surface area contributed by atoms with Crippen LogP contribution in [-0.2, 0) is 14.3 Å². The first kappa shape index (κ1) is 18.2. The van der Waals surface area contributed by atoms with E-state index in [9.17, 15) is 14.4 Å². The van der Waals surface area contributed by atoms with Crippen LogP contribution in [-0.4, -0.2) is 54.7 Å². The minimum absolute atomic E-state index is 0.117. The number of carbonyl (C=O) groups excluding carboxylic acids is 2. The number of nitrogens with one attached hydrogen (secondary N) is 1. The number of urea groups is 1. The second kappa shape index (κ2) is 7.72. The second-order valence-corrected chi connectivity index (χ2v) is 5.94. The van der Waals surface area contributed by atoms with Gasteiger partial charge in [0.05, 0.1) is 13.5 Å². The Labute approximate surface area is 119 Å². The molecule has 116 valence electrons. The van der Waals surface area contributed by atoms with Crippen molar-refractivity contribution in [3.8, 4) is 0 Å². The molecule has 0 fully saturated rings. The number of rotatable bonds is 6. The van der Waals surface area contributed by atoms with Crippen LogP contribution in [0.5, 0.6) is 0 Å². The van der Waals surface area contributed by atoms with Crippen LogP contribution in [0.25, 0.3) is 0 Å². The lowest BCUT2D eigenvalue weighted by atomic mass is 9.87. The van der Waals surface area contributed by atoms with E-state index >= 15 is 0 Å². The molecule has 1 atom stereocenters. The molecule has 0 rings (SSSR count). The van der Waals surface area contributed by atoms with Crippen molar-refractivity contribution < 1.29 is 24.2 Å². The highest BCUT2D eigenvalue weighted by molar-refractivity contribution is 5.81. The number of hydrogen-bond acceptors (Lipinski definition) is 4. The SMILES string of the molecule is COC(=O)CN(C)C(=O)NC(CC(=O)O)CC(C)(C)C. The molecule has 0 aliphatic rings. The molecule has 7 heteroatoms. The van der Waals surface area contributed by atoms with E-state index in [0.717, 1.165) is 4.90 Å². The average Bonchev–Trinajstić information content (AvgIpc) is 2.25. The first-order valence-corrected chi connectivity index (χ1v) is 6.35. The molecule has 1 unspecified atom stereocenters. The molecule has 20 heavy (non-hydrogen) atoms. The van der Waals surface area contributed by atoms with E-state index in [0.29, 0.717) is 6.42 Å². The quantitative estimate of drug-likeness (QED) is 0.713. The standard InChI is InChI=1S/C13H24N2O5/c1-13(2,3)7-9(6-10(16)17)14-12(19)15(4)8-11(18)20-5/h9H,6-8H2,1-5H3,(H,14,19)(H,16,17). The fourth-order valence-corrected chi connectivity index (χ4v) is 1.74. The van der Waals surface area contributed by atoms with Gasteiger partial charge >= 0.3 is 18.0 Å². The van der Waals surface area contributed by atoms with E-state index in [-0.39, 0.29) is 18.4 Å². The summed E-state index contributed by atoms with van der Waals surface area (Å²) in [5, 5.41) is 11.5. The average molecular weight is 288 g/mol. The van der Waals surface area contributed by atoms with Crippen LogP contribution in [0.2, 0.25) is 0 Å². The van der Waals surface area contributed by atoms with Gasteiger partial charge in [-0.25, -0.2) is 4.79 Å². The zero-order valence-electron chi connectivity index (χ0n) is 12.7. The van der Waals surface area contributed by atoms with Gasteiger partial charge in [0.25, 0.3) is 0 Å². The summed E-state index contributed by atoms with van der Waals surface area (Å²) in [6.07, 6.45) is 0.367. The minimum Gasteiger partial charge on any atom is -0.481 e. The van der Waals surface area contributed by atoms with Crippen LogP contribution in [0.3, 0.4) is 0 Å². The maximum atomic E-state index is 11.9. The third kappa shape index (κ3) is 8.34. The molecule has 0 aliphatic heterocycles. The third-order valence-corrected chi connectivity index (χ3v) is 2.55. The summed E-state index contributed by atoms with van der Waals surface area (Å²) in [5.41, 5.74) is -0.117. The Balaban J connectivity index is 4.59. The summed E-state index contributed by atoms with van der Waals surface area (Å²) in [4.78, 5) is 35.0. The summed E-state index contributed by atoms with van der Waals surface area (Å²) < 4.78 is 4.47. The number of aliphatic carboxylic acids is 1. The number of amides is 2. The number of nitrogens with zero attached hydrogens (tertiary/aromatic N) is 1. The number of ether oxygens (including phenoxy) is 1. The predicted octanol–water partition coefficient (Wildman–Crippen LogP) is 1.08. The highest BCUT2D eigenvalue weighted by atomic mass is 16.5. The Bertz CT molecular complexity index is 362. The van der Waals surface area contributed by atoms with Gasteiger partial charge in [0.15, 0.2) is 0 Å². The topological polar surface area (TPSA) is 95.9 Å². The number of carboxylic acid groups (broad SMARTS) is 1. The Kier molecular flexibility index (Phi) is 7.02. The van der Waals surface area contributed by atoms with Crippen LogP contribution >= 0.6 is 0 Å². The van der Waals surface area contributed by atoms with Crippen LogP contribution in [0.15, 0.2) is 0 Å². The summed E-state index contributed by atoms with van der Waals surface area (Å²) in [6, 6.07) is -0.981. The molecule has 7 nitrogen and oxygen atoms in total. The van der Waals surface area contributed by atoms with Crippen molar-refractivity contribution >= 4 is 18.0 Å².